The minimum absolute atomic E-state index is 0.0531. The molecule has 28 heavy (non-hydrogen) atoms. The summed E-state index contributed by atoms with van der Waals surface area (Å²) in [4.78, 5) is 12.5. The molecule has 1 saturated carbocycles. The number of nitrogens with zero attached hydrogens (tertiary/aromatic N) is 3. The third-order valence-corrected chi connectivity index (χ3v) is 6.46. The minimum Gasteiger partial charge on any atom is -0.385 e. The lowest BCUT2D eigenvalue weighted by Crippen LogP contribution is -2.42. The van der Waals surface area contributed by atoms with Crippen molar-refractivity contribution in [2.75, 3.05) is 26.0 Å². The summed E-state index contributed by atoms with van der Waals surface area (Å²) >= 11 is 1.44. The molecule has 0 aliphatic heterocycles. The van der Waals surface area contributed by atoms with E-state index in [1.807, 2.05) is 4.57 Å². The number of carbonyl (C=O) groups is 1. The largest absolute Gasteiger partial charge is 0.385 e. The average Bonchev–Trinajstić information content (AvgIpc) is 3.19. The van der Waals surface area contributed by atoms with Crippen LogP contribution in [0.15, 0.2) is 41.8 Å². The van der Waals surface area contributed by atoms with Crippen LogP contribution in [0.5, 0.6) is 0 Å². The molecule has 1 amide bonds. The highest BCUT2D eigenvalue weighted by Gasteiger charge is 2.34. The van der Waals surface area contributed by atoms with Gasteiger partial charge in [-0.2, -0.15) is 0 Å². The normalized spacial score (nSPS) is 16.0. The number of carbonyl (C=O) groups excluding carboxylic acids is 1. The van der Waals surface area contributed by atoms with E-state index in [-0.39, 0.29) is 11.3 Å². The van der Waals surface area contributed by atoms with E-state index >= 15 is 0 Å². The second-order valence-corrected chi connectivity index (χ2v) is 8.37. The first-order valence-corrected chi connectivity index (χ1v) is 11.0. The van der Waals surface area contributed by atoms with Gasteiger partial charge < -0.3 is 14.6 Å². The van der Waals surface area contributed by atoms with Gasteiger partial charge in [-0.25, -0.2) is 0 Å². The van der Waals surface area contributed by atoms with Crippen molar-refractivity contribution in [2.24, 2.45) is 0 Å². The molecule has 1 N–H and O–H groups in total. The molecule has 0 unspecified atom stereocenters. The molecule has 7 heteroatoms. The number of ether oxygens (including phenoxy) is 1. The molecular formula is C21H30N4O2S. The maximum atomic E-state index is 12.5. The predicted molar refractivity (Wildman–Crippen MR) is 111 cm³/mol. The van der Waals surface area contributed by atoms with Crippen molar-refractivity contribution < 1.29 is 9.53 Å². The van der Waals surface area contributed by atoms with Gasteiger partial charge in [-0.05, 0) is 24.8 Å². The van der Waals surface area contributed by atoms with Crippen molar-refractivity contribution in [3.05, 3.63) is 42.2 Å². The monoisotopic (exact) mass is 402 g/mol. The summed E-state index contributed by atoms with van der Waals surface area (Å²) in [7, 11) is 1.70. The summed E-state index contributed by atoms with van der Waals surface area (Å²) in [5, 5.41) is 12.1. The van der Waals surface area contributed by atoms with Crippen LogP contribution in [0, 0.1) is 0 Å². The number of nitrogens with one attached hydrogen (secondary N) is 1. The molecule has 1 aliphatic rings. The first-order valence-electron chi connectivity index (χ1n) is 10.1. The molecule has 1 aliphatic carbocycles. The number of hydrogen-bond acceptors (Lipinski definition) is 5. The van der Waals surface area contributed by atoms with Crippen LogP contribution in [0.2, 0.25) is 0 Å². The smallest absolute Gasteiger partial charge is 0.230 e. The molecule has 0 radical (unpaired) electrons. The fourth-order valence-electron chi connectivity index (χ4n) is 3.93. The molecule has 0 saturated heterocycles. The number of amides is 1. The van der Waals surface area contributed by atoms with Crippen molar-refractivity contribution in [1.82, 2.24) is 20.1 Å². The molecule has 1 fully saturated rings. The number of aryl methyl sites for hydroxylation is 1. The van der Waals surface area contributed by atoms with E-state index in [9.17, 15) is 4.79 Å². The second kappa shape index (κ2) is 10.6. The van der Waals surface area contributed by atoms with Crippen molar-refractivity contribution in [2.45, 2.75) is 55.6 Å². The average molecular weight is 403 g/mol. The van der Waals surface area contributed by atoms with E-state index in [0.717, 1.165) is 31.0 Å². The van der Waals surface area contributed by atoms with Crippen LogP contribution in [0.3, 0.4) is 0 Å². The van der Waals surface area contributed by atoms with Crippen LogP contribution < -0.4 is 5.32 Å². The van der Waals surface area contributed by atoms with Crippen molar-refractivity contribution in [1.29, 1.82) is 0 Å². The highest BCUT2D eigenvalue weighted by atomic mass is 32.2. The van der Waals surface area contributed by atoms with Gasteiger partial charge in [-0.3, -0.25) is 4.79 Å². The Morgan fingerprint density at radius 2 is 2.04 bits per heavy atom. The van der Waals surface area contributed by atoms with Crippen LogP contribution >= 0.6 is 11.8 Å². The first kappa shape index (κ1) is 20.9. The number of thioether (sulfide) groups is 1. The molecule has 1 aromatic heterocycles. The zero-order valence-corrected chi connectivity index (χ0v) is 17.4. The van der Waals surface area contributed by atoms with Gasteiger partial charge in [0.25, 0.3) is 0 Å². The summed E-state index contributed by atoms with van der Waals surface area (Å²) in [6.45, 7) is 2.20. The SMILES string of the molecule is COCCCn1cnnc1SCC(=O)NCC1(c2ccccc2)CCCCC1. The van der Waals surface area contributed by atoms with Crippen molar-refractivity contribution in [3.63, 3.8) is 0 Å². The standard InChI is InChI=1S/C21H30N4O2S/c1-27-14-8-13-25-17-23-24-20(25)28-15-19(26)22-16-21(11-6-3-7-12-21)18-9-4-2-5-10-18/h2,4-5,9-10,17H,3,6-8,11-16H2,1H3,(H,22,26). The third kappa shape index (κ3) is 5.58. The van der Waals surface area contributed by atoms with E-state index in [2.05, 4.69) is 45.8 Å². The highest BCUT2D eigenvalue weighted by Crippen LogP contribution is 2.38. The summed E-state index contributed by atoms with van der Waals surface area (Å²) < 4.78 is 7.06. The third-order valence-electron chi connectivity index (χ3n) is 5.48. The van der Waals surface area contributed by atoms with E-state index in [1.54, 1.807) is 13.4 Å². The molecule has 3 rings (SSSR count). The van der Waals surface area contributed by atoms with Gasteiger partial charge in [0.2, 0.25) is 5.91 Å². The van der Waals surface area contributed by atoms with E-state index < -0.39 is 0 Å². The first-order chi connectivity index (χ1) is 13.7. The number of rotatable bonds is 10. The number of methoxy groups -OCH3 is 1. The Hall–Kier alpha value is -1.86. The summed E-state index contributed by atoms with van der Waals surface area (Å²) in [6, 6.07) is 10.7. The van der Waals surface area contributed by atoms with Crippen LogP contribution in [-0.2, 0) is 21.5 Å². The summed E-state index contributed by atoms with van der Waals surface area (Å²) in [5.41, 5.74) is 1.42. The van der Waals surface area contributed by atoms with Crippen LogP contribution in [0.25, 0.3) is 0 Å². The molecule has 1 heterocycles. The van der Waals surface area contributed by atoms with Gasteiger partial charge in [0, 0.05) is 32.2 Å². The van der Waals surface area contributed by atoms with Gasteiger partial charge in [-0.15, -0.1) is 10.2 Å². The van der Waals surface area contributed by atoms with Crippen molar-refractivity contribution >= 4 is 17.7 Å². The van der Waals surface area contributed by atoms with Gasteiger partial charge >= 0.3 is 0 Å². The number of benzene rings is 1. The van der Waals surface area contributed by atoms with Crippen LogP contribution in [0.1, 0.15) is 44.1 Å². The minimum atomic E-state index is 0.0531. The lowest BCUT2D eigenvalue weighted by molar-refractivity contribution is -0.118. The van der Waals surface area contributed by atoms with E-state index in [4.69, 9.17) is 4.74 Å². The predicted octanol–water partition coefficient (Wildman–Crippen LogP) is 3.43. The molecule has 0 bridgehead atoms. The topological polar surface area (TPSA) is 69.0 Å². The Morgan fingerprint density at radius 1 is 1.25 bits per heavy atom. The Labute approximate surface area is 171 Å². The van der Waals surface area contributed by atoms with Crippen LogP contribution in [0.4, 0.5) is 0 Å². The quantitative estimate of drug-likeness (QED) is 0.487. The molecule has 1 aromatic carbocycles. The molecule has 6 nitrogen and oxygen atoms in total. The summed E-state index contributed by atoms with van der Waals surface area (Å²) in [6.07, 6.45) is 8.62. The Morgan fingerprint density at radius 3 is 2.79 bits per heavy atom. The lowest BCUT2D eigenvalue weighted by atomic mass is 9.69. The highest BCUT2D eigenvalue weighted by molar-refractivity contribution is 7.99. The Bertz CT molecular complexity index is 729. The molecule has 2 aromatic rings. The van der Waals surface area contributed by atoms with Gasteiger partial charge in [0.15, 0.2) is 5.16 Å². The van der Waals surface area contributed by atoms with Crippen molar-refractivity contribution in [3.8, 4) is 0 Å². The zero-order valence-electron chi connectivity index (χ0n) is 16.6. The zero-order chi connectivity index (χ0) is 19.7. The maximum absolute atomic E-state index is 12.5. The summed E-state index contributed by atoms with van der Waals surface area (Å²) in [5.74, 6) is 0.408. The molecule has 152 valence electrons. The molecule has 0 spiro atoms. The molecular weight excluding hydrogens is 372 g/mol. The number of hydrogen-bond donors (Lipinski definition) is 1. The fourth-order valence-corrected chi connectivity index (χ4v) is 4.70. The van der Waals surface area contributed by atoms with Crippen LogP contribution in [-0.4, -0.2) is 46.7 Å². The lowest BCUT2D eigenvalue weighted by Gasteiger charge is -2.38. The molecule has 0 atom stereocenters. The van der Waals surface area contributed by atoms with Gasteiger partial charge in [-0.1, -0.05) is 61.4 Å². The van der Waals surface area contributed by atoms with Gasteiger partial charge in [0.05, 0.1) is 5.75 Å². The Kier molecular flexibility index (Phi) is 7.91. The van der Waals surface area contributed by atoms with Gasteiger partial charge in [0.1, 0.15) is 6.33 Å². The number of aromatic nitrogens is 3. The fraction of sp³-hybridized carbons (Fsp3) is 0.571. The second-order valence-electron chi connectivity index (χ2n) is 7.43. The maximum Gasteiger partial charge on any atom is 0.230 e. The van der Waals surface area contributed by atoms with E-state index in [0.29, 0.717) is 18.9 Å². The Balaban J connectivity index is 1.52. The van der Waals surface area contributed by atoms with E-state index in [1.165, 1.54) is 36.6 Å².